The molecule has 0 fully saturated rings. The zero-order chi connectivity index (χ0) is 13.8. The summed E-state index contributed by atoms with van der Waals surface area (Å²) in [4.78, 5) is 4.66. The lowest BCUT2D eigenvalue weighted by Gasteiger charge is -2.09. The van der Waals surface area contributed by atoms with Crippen molar-refractivity contribution >= 4 is 11.3 Å². The van der Waals surface area contributed by atoms with E-state index in [1.807, 2.05) is 30.3 Å². The first-order chi connectivity index (χ1) is 9.83. The zero-order valence-electron chi connectivity index (χ0n) is 11.2. The van der Waals surface area contributed by atoms with Crippen molar-refractivity contribution < 1.29 is 4.42 Å². The standard InChI is InChI=1S/C16H16N2OS/c1-12(15-8-5-9-19-15)17-10-16-18-14(11-20-16)13-6-3-2-4-7-13/h2-9,11-12,17H,10H2,1H3/t12-/m0/s1. The molecule has 2 aromatic heterocycles. The van der Waals surface area contributed by atoms with Gasteiger partial charge in [-0.05, 0) is 19.1 Å². The maximum atomic E-state index is 5.38. The summed E-state index contributed by atoms with van der Waals surface area (Å²) in [6.45, 7) is 2.84. The lowest BCUT2D eigenvalue weighted by atomic mass is 10.2. The van der Waals surface area contributed by atoms with E-state index >= 15 is 0 Å². The molecule has 0 radical (unpaired) electrons. The van der Waals surface area contributed by atoms with Crippen molar-refractivity contribution in [1.29, 1.82) is 0 Å². The Morgan fingerprint density at radius 2 is 2.05 bits per heavy atom. The summed E-state index contributed by atoms with van der Waals surface area (Å²) in [5.74, 6) is 0.949. The first kappa shape index (κ1) is 13.1. The van der Waals surface area contributed by atoms with Crippen LogP contribution in [-0.4, -0.2) is 4.98 Å². The quantitative estimate of drug-likeness (QED) is 0.761. The monoisotopic (exact) mass is 284 g/mol. The molecule has 0 saturated carbocycles. The maximum Gasteiger partial charge on any atom is 0.120 e. The summed E-state index contributed by atoms with van der Waals surface area (Å²) in [7, 11) is 0. The second-order valence-corrected chi connectivity index (χ2v) is 5.55. The molecule has 0 spiro atoms. The number of benzene rings is 1. The molecule has 102 valence electrons. The average molecular weight is 284 g/mol. The summed E-state index contributed by atoms with van der Waals surface area (Å²) < 4.78 is 5.38. The summed E-state index contributed by atoms with van der Waals surface area (Å²) in [5.41, 5.74) is 2.20. The number of nitrogens with one attached hydrogen (secondary N) is 1. The van der Waals surface area contributed by atoms with E-state index in [1.165, 1.54) is 0 Å². The highest BCUT2D eigenvalue weighted by Crippen LogP contribution is 2.22. The topological polar surface area (TPSA) is 38.1 Å². The molecule has 0 aliphatic rings. The van der Waals surface area contributed by atoms with E-state index in [0.717, 1.165) is 28.6 Å². The van der Waals surface area contributed by atoms with Gasteiger partial charge in [0.15, 0.2) is 0 Å². The van der Waals surface area contributed by atoms with Crippen LogP contribution < -0.4 is 5.32 Å². The Labute approximate surface area is 122 Å². The normalized spacial score (nSPS) is 12.4. The molecule has 1 atom stereocenters. The Morgan fingerprint density at radius 1 is 1.20 bits per heavy atom. The first-order valence-electron chi connectivity index (χ1n) is 6.59. The van der Waals surface area contributed by atoms with Crippen molar-refractivity contribution in [1.82, 2.24) is 10.3 Å². The number of thiazole rings is 1. The zero-order valence-corrected chi connectivity index (χ0v) is 12.1. The highest BCUT2D eigenvalue weighted by atomic mass is 32.1. The molecule has 3 rings (SSSR count). The van der Waals surface area contributed by atoms with E-state index in [-0.39, 0.29) is 6.04 Å². The summed E-state index contributed by atoms with van der Waals surface area (Å²) in [6.07, 6.45) is 1.70. The highest BCUT2D eigenvalue weighted by molar-refractivity contribution is 7.09. The number of hydrogen-bond donors (Lipinski definition) is 1. The fourth-order valence-corrected chi connectivity index (χ4v) is 2.77. The first-order valence-corrected chi connectivity index (χ1v) is 7.47. The minimum Gasteiger partial charge on any atom is -0.468 e. The van der Waals surface area contributed by atoms with Crippen LogP contribution in [0.3, 0.4) is 0 Å². The molecule has 3 aromatic rings. The van der Waals surface area contributed by atoms with Gasteiger partial charge in [-0.2, -0.15) is 0 Å². The van der Waals surface area contributed by atoms with Crippen LogP contribution >= 0.6 is 11.3 Å². The molecule has 0 aliphatic heterocycles. The Hall–Kier alpha value is -1.91. The third-order valence-electron chi connectivity index (χ3n) is 3.15. The summed E-state index contributed by atoms with van der Waals surface area (Å²) >= 11 is 1.68. The van der Waals surface area contributed by atoms with Crippen molar-refractivity contribution in [3.8, 4) is 11.3 Å². The van der Waals surface area contributed by atoms with Crippen LogP contribution in [0.1, 0.15) is 23.7 Å². The number of nitrogens with zero attached hydrogens (tertiary/aromatic N) is 1. The van der Waals surface area contributed by atoms with Crippen molar-refractivity contribution in [2.45, 2.75) is 19.5 Å². The lowest BCUT2D eigenvalue weighted by molar-refractivity contribution is 0.430. The van der Waals surface area contributed by atoms with Crippen molar-refractivity contribution in [2.75, 3.05) is 0 Å². The fraction of sp³-hybridized carbons (Fsp3) is 0.188. The van der Waals surface area contributed by atoms with Crippen molar-refractivity contribution in [2.24, 2.45) is 0 Å². The molecule has 20 heavy (non-hydrogen) atoms. The van der Waals surface area contributed by atoms with Crippen LogP contribution in [0.25, 0.3) is 11.3 Å². The number of aromatic nitrogens is 1. The van der Waals surface area contributed by atoms with Crippen LogP contribution in [0.15, 0.2) is 58.5 Å². The van der Waals surface area contributed by atoms with E-state index < -0.39 is 0 Å². The van der Waals surface area contributed by atoms with Gasteiger partial charge in [0.25, 0.3) is 0 Å². The molecule has 2 heterocycles. The van der Waals surface area contributed by atoms with Crippen LogP contribution in [0, 0.1) is 0 Å². The largest absolute Gasteiger partial charge is 0.468 e. The second kappa shape index (κ2) is 6.03. The molecule has 0 aliphatic carbocycles. The highest BCUT2D eigenvalue weighted by Gasteiger charge is 2.09. The molecule has 1 aromatic carbocycles. The van der Waals surface area contributed by atoms with Gasteiger partial charge in [-0.1, -0.05) is 30.3 Å². The predicted octanol–water partition coefficient (Wildman–Crippen LogP) is 4.25. The minimum atomic E-state index is 0.189. The molecule has 0 saturated heterocycles. The number of furan rings is 1. The molecule has 4 heteroatoms. The smallest absolute Gasteiger partial charge is 0.120 e. The van der Waals surface area contributed by atoms with Gasteiger partial charge in [0.2, 0.25) is 0 Å². The SMILES string of the molecule is C[C@H](NCc1nc(-c2ccccc2)cs1)c1ccco1. The Bertz CT molecular complexity index is 646. The molecule has 3 nitrogen and oxygen atoms in total. The van der Waals surface area contributed by atoms with Gasteiger partial charge in [-0.3, -0.25) is 0 Å². The third-order valence-corrected chi connectivity index (χ3v) is 4.00. The van der Waals surface area contributed by atoms with E-state index in [2.05, 4.69) is 34.7 Å². The average Bonchev–Trinajstić information content (AvgIpc) is 3.17. The van der Waals surface area contributed by atoms with E-state index in [1.54, 1.807) is 17.6 Å². The third kappa shape index (κ3) is 2.98. The second-order valence-electron chi connectivity index (χ2n) is 4.61. The van der Waals surface area contributed by atoms with Gasteiger partial charge in [-0.15, -0.1) is 11.3 Å². The van der Waals surface area contributed by atoms with Crippen LogP contribution in [0.4, 0.5) is 0 Å². The van der Waals surface area contributed by atoms with Crippen molar-refractivity contribution in [3.05, 3.63) is 64.9 Å². The van der Waals surface area contributed by atoms with Gasteiger partial charge >= 0.3 is 0 Å². The van der Waals surface area contributed by atoms with Gasteiger partial charge < -0.3 is 9.73 Å². The Morgan fingerprint density at radius 3 is 2.80 bits per heavy atom. The van der Waals surface area contributed by atoms with E-state index in [9.17, 15) is 0 Å². The molecule has 0 unspecified atom stereocenters. The molecular weight excluding hydrogens is 268 g/mol. The van der Waals surface area contributed by atoms with E-state index in [0.29, 0.717) is 0 Å². The fourth-order valence-electron chi connectivity index (χ4n) is 2.01. The van der Waals surface area contributed by atoms with Crippen LogP contribution in [0.2, 0.25) is 0 Å². The Balaban J connectivity index is 1.63. The molecule has 1 N–H and O–H groups in total. The molecule has 0 amide bonds. The van der Waals surface area contributed by atoms with Gasteiger partial charge in [0.05, 0.1) is 18.0 Å². The lowest BCUT2D eigenvalue weighted by Crippen LogP contribution is -2.17. The Kier molecular flexibility index (Phi) is 3.95. The number of rotatable bonds is 5. The molecular formula is C16H16N2OS. The van der Waals surface area contributed by atoms with Gasteiger partial charge in [0, 0.05) is 17.5 Å². The minimum absolute atomic E-state index is 0.189. The molecule has 0 bridgehead atoms. The summed E-state index contributed by atoms with van der Waals surface area (Å²) in [6, 6.07) is 14.3. The van der Waals surface area contributed by atoms with Gasteiger partial charge in [0.1, 0.15) is 10.8 Å². The van der Waals surface area contributed by atoms with E-state index in [4.69, 9.17) is 4.42 Å². The predicted molar refractivity (Wildman–Crippen MR) is 81.5 cm³/mol. The summed E-state index contributed by atoms with van der Waals surface area (Å²) in [5, 5.41) is 6.61. The van der Waals surface area contributed by atoms with Crippen LogP contribution in [0.5, 0.6) is 0 Å². The van der Waals surface area contributed by atoms with Gasteiger partial charge in [-0.25, -0.2) is 4.98 Å². The maximum absolute atomic E-state index is 5.38. The van der Waals surface area contributed by atoms with Crippen LogP contribution in [-0.2, 0) is 6.54 Å². The number of hydrogen-bond acceptors (Lipinski definition) is 4. The van der Waals surface area contributed by atoms with Crippen molar-refractivity contribution in [3.63, 3.8) is 0 Å².